The summed E-state index contributed by atoms with van der Waals surface area (Å²) in [4.78, 5) is 52.1. The molecule has 0 saturated heterocycles. The van der Waals surface area contributed by atoms with Crippen molar-refractivity contribution in [2.75, 3.05) is 40.1 Å². The van der Waals surface area contributed by atoms with Crippen molar-refractivity contribution < 1.29 is 56.6 Å². The number of hydrogen-bond acceptors (Lipinski definition) is 12. The summed E-state index contributed by atoms with van der Waals surface area (Å²) in [7, 11) is -1.78. The number of hydrogen-bond donors (Lipinski definition) is 0. The predicted molar refractivity (Wildman–Crippen MR) is 113 cm³/mol. The maximum atomic E-state index is 12.9. The molecular weight excluding hydrogens is 465 g/mol. The van der Waals surface area contributed by atoms with Gasteiger partial charge in [-0.3, -0.25) is 13.6 Å². The Hall–Kier alpha value is -2.37. The van der Waals surface area contributed by atoms with Crippen LogP contribution < -0.4 is 0 Å². The largest absolute Gasteiger partial charge is 0.534 e. The number of nitrogens with zero attached hydrogens (tertiary/aromatic N) is 1. The van der Waals surface area contributed by atoms with Crippen LogP contribution in [0.15, 0.2) is 0 Å². The van der Waals surface area contributed by atoms with E-state index in [0.717, 1.165) is 14.2 Å². The van der Waals surface area contributed by atoms with Gasteiger partial charge in [0.25, 0.3) is 0 Å². The number of methoxy groups -OCH3 is 2. The Labute approximate surface area is 193 Å². The van der Waals surface area contributed by atoms with Crippen LogP contribution in [0.2, 0.25) is 0 Å². The van der Waals surface area contributed by atoms with Crippen LogP contribution in [0.4, 0.5) is 9.59 Å². The third kappa shape index (κ3) is 15.2. The van der Waals surface area contributed by atoms with E-state index in [9.17, 15) is 23.7 Å². The molecule has 0 aliphatic heterocycles. The van der Waals surface area contributed by atoms with Gasteiger partial charge in [-0.15, -0.1) is 5.06 Å². The van der Waals surface area contributed by atoms with Gasteiger partial charge in [0.15, 0.2) is 13.2 Å². The van der Waals surface area contributed by atoms with Crippen LogP contribution in [0.1, 0.15) is 48.0 Å². The molecular formula is C19H34NO12P. The number of amides is 1. The Morgan fingerprint density at radius 3 is 1.64 bits per heavy atom. The van der Waals surface area contributed by atoms with E-state index in [1.165, 1.54) is 0 Å². The van der Waals surface area contributed by atoms with Crippen molar-refractivity contribution in [1.29, 1.82) is 0 Å². The van der Waals surface area contributed by atoms with Gasteiger partial charge >= 0.3 is 31.8 Å². The summed E-state index contributed by atoms with van der Waals surface area (Å²) >= 11 is 0. The van der Waals surface area contributed by atoms with E-state index in [1.807, 2.05) is 0 Å². The van der Waals surface area contributed by atoms with Crippen LogP contribution in [-0.4, -0.2) is 80.6 Å². The molecule has 0 radical (unpaired) electrons. The molecule has 0 aliphatic carbocycles. The topological polar surface area (TPSA) is 153 Å². The molecule has 14 heteroatoms. The predicted octanol–water partition coefficient (Wildman–Crippen LogP) is 3.05. The second-order valence-electron chi connectivity index (χ2n) is 8.53. The molecule has 0 atom stereocenters. The van der Waals surface area contributed by atoms with E-state index in [0.29, 0.717) is 5.06 Å². The Morgan fingerprint density at radius 1 is 0.788 bits per heavy atom. The number of ether oxygens (including phenoxy) is 4. The molecule has 0 saturated carbocycles. The van der Waals surface area contributed by atoms with Crippen LogP contribution in [0.25, 0.3) is 0 Å². The Balaban J connectivity index is 5.30. The smallest absolute Gasteiger partial charge is 0.467 e. The monoisotopic (exact) mass is 499 g/mol. The quantitative estimate of drug-likeness (QED) is 0.188. The molecule has 192 valence electrons. The lowest BCUT2D eigenvalue weighted by Gasteiger charge is -2.27. The number of esters is 2. The maximum Gasteiger partial charge on any atom is 0.534 e. The van der Waals surface area contributed by atoms with Crippen LogP contribution in [0.5, 0.6) is 0 Å². The zero-order valence-corrected chi connectivity index (χ0v) is 21.2. The van der Waals surface area contributed by atoms with E-state index in [4.69, 9.17) is 23.4 Å². The average Bonchev–Trinajstić information content (AvgIpc) is 2.66. The summed E-state index contributed by atoms with van der Waals surface area (Å²) in [6, 6.07) is 0. The molecule has 0 aromatic carbocycles. The van der Waals surface area contributed by atoms with Crippen molar-refractivity contribution >= 4 is 31.8 Å². The molecule has 13 nitrogen and oxygen atoms in total. The minimum atomic E-state index is -4.00. The van der Waals surface area contributed by atoms with Crippen molar-refractivity contribution in [2.24, 2.45) is 0 Å². The first-order valence-electron chi connectivity index (χ1n) is 9.93. The van der Waals surface area contributed by atoms with Gasteiger partial charge < -0.3 is 23.8 Å². The minimum Gasteiger partial charge on any atom is -0.467 e. The van der Waals surface area contributed by atoms with Crippen molar-refractivity contribution in [2.45, 2.75) is 59.2 Å². The fraction of sp³-hybridized carbons (Fsp3) is 0.789. The SMILES string of the molecule is COC(=O)COP(=O)(CCCN(OC(=O)OC(C)(C)C)C(=O)OC(C)(C)C)OCC(=O)OC. The van der Waals surface area contributed by atoms with Gasteiger partial charge in [-0.2, -0.15) is 0 Å². The van der Waals surface area contributed by atoms with E-state index < -0.39 is 56.2 Å². The lowest BCUT2D eigenvalue weighted by atomic mass is 10.2. The molecule has 0 aliphatic rings. The highest BCUT2D eigenvalue weighted by atomic mass is 31.2. The van der Waals surface area contributed by atoms with Crippen LogP contribution >= 0.6 is 7.60 Å². The summed E-state index contributed by atoms with van der Waals surface area (Å²) < 4.78 is 42.1. The van der Waals surface area contributed by atoms with E-state index in [-0.39, 0.29) is 19.1 Å². The second kappa shape index (κ2) is 13.4. The number of rotatable bonds is 10. The van der Waals surface area contributed by atoms with Gasteiger partial charge in [-0.25, -0.2) is 19.2 Å². The van der Waals surface area contributed by atoms with Gasteiger partial charge in [0.05, 0.1) is 26.9 Å². The lowest BCUT2D eigenvalue weighted by Crippen LogP contribution is -2.40. The first kappa shape index (κ1) is 30.6. The standard InChI is InChI=1S/C19H34NO12P/c1-18(2,3)30-16(23)20(32-17(24)31-19(4,5)6)10-9-11-33(25,28-12-14(21)26-7)29-13-15(22)27-8/h9-13H2,1-8H3. The normalized spacial score (nSPS) is 11.9. The molecule has 1 amide bonds. The summed E-state index contributed by atoms with van der Waals surface area (Å²) in [5, 5.41) is 0.601. The highest BCUT2D eigenvalue weighted by Gasteiger charge is 2.31. The van der Waals surface area contributed by atoms with E-state index >= 15 is 0 Å². The fourth-order valence-corrected chi connectivity index (χ4v) is 3.31. The average molecular weight is 499 g/mol. The van der Waals surface area contributed by atoms with Crippen molar-refractivity contribution in [1.82, 2.24) is 5.06 Å². The molecule has 0 N–H and O–H groups in total. The highest BCUT2D eigenvalue weighted by molar-refractivity contribution is 7.53. The van der Waals surface area contributed by atoms with Crippen LogP contribution in [-0.2, 0) is 47.0 Å². The molecule has 0 unspecified atom stereocenters. The second-order valence-corrected chi connectivity index (χ2v) is 10.7. The molecule has 0 heterocycles. The third-order valence-electron chi connectivity index (χ3n) is 3.18. The Kier molecular flexibility index (Phi) is 12.4. The number of carbonyl (C=O) groups is 4. The third-order valence-corrected chi connectivity index (χ3v) is 5.09. The number of hydroxylamine groups is 2. The molecule has 33 heavy (non-hydrogen) atoms. The molecule has 0 fully saturated rings. The maximum absolute atomic E-state index is 12.9. The minimum absolute atomic E-state index is 0.0956. The summed E-state index contributed by atoms with van der Waals surface area (Å²) in [6.45, 7) is 8.00. The van der Waals surface area contributed by atoms with Crippen LogP contribution in [0, 0.1) is 0 Å². The van der Waals surface area contributed by atoms with Crippen LogP contribution in [0.3, 0.4) is 0 Å². The Morgan fingerprint density at radius 2 is 1.24 bits per heavy atom. The molecule has 0 spiro atoms. The van der Waals surface area contributed by atoms with Crippen molar-refractivity contribution in [3.8, 4) is 0 Å². The van der Waals surface area contributed by atoms with E-state index in [1.54, 1.807) is 41.5 Å². The number of carbonyl (C=O) groups excluding carboxylic acids is 4. The van der Waals surface area contributed by atoms with Crippen molar-refractivity contribution in [3.05, 3.63) is 0 Å². The zero-order valence-electron chi connectivity index (χ0n) is 20.3. The first-order valence-corrected chi connectivity index (χ1v) is 11.7. The molecule has 0 rings (SSSR count). The summed E-state index contributed by atoms with van der Waals surface area (Å²) in [5.74, 6) is -1.64. The summed E-state index contributed by atoms with van der Waals surface area (Å²) in [6.07, 6.45) is -2.59. The lowest BCUT2D eigenvalue weighted by molar-refractivity contribution is -0.144. The fourth-order valence-electron chi connectivity index (χ4n) is 1.84. The zero-order chi connectivity index (χ0) is 25.9. The van der Waals surface area contributed by atoms with E-state index in [2.05, 4.69) is 9.47 Å². The first-order chi connectivity index (χ1) is 15.0. The van der Waals surface area contributed by atoms with Gasteiger partial charge in [0.2, 0.25) is 0 Å². The highest BCUT2D eigenvalue weighted by Crippen LogP contribution is 2.48. The summed E-state index contributed by atoms with van der Waals surface area (Å²) in [5.41, 5.74) is -1.77. The van der Waals surface area contributed by atoms with Gasteiger partial charge in [0.1, 0.15) is 11.2 Å². The Bertz CT molecular complexity index is 701. The molecule has 0 bridgehead atoms. The van der Waals surface area contributed by atoms with Crippen molar-refractivity contribution in [3.63, 3.8) is 0 Å². The molecule has 0 aromatic heterocycles. The van der Waals surface area contributed by atoms with Gasteiger partial charge in [-0.05, 0) is 48.0 Å². The van der Waals surface area contributed by atoms with Gasteiger partial charge in [0, 0.05) is 0 Å². The van der Waals surface area contributed by atoms with Gasteiger partial charge in [-0.1, -0.05) is 0 Å². The molecule has 0 aromatic rings.